The zero-order valence-electron chi connectivity index (χ0n) is 9.59. The van der Waals surface area contributed by atoms with E-state index in [1.165, 1.54) is 12.8 Å². The van der Waals surface area contributed by atoms with E-state index in [1.54, 1.807) is 22.0 Å². The topological polar surface area (TPSA) is 50.2 Å². The fourth-order valence-electron chi connectivity index (χ4n) is 2.00. The molecule has 0 radical (unpaired) electrons. The van der Waals surface area contributed by atoms with Crippen molar-refractivity contribution in [3.05, 3.63) is 18.5 Å². The number of rotatable bonds is 4. The van der Waals surface area contributed by atoms with Gasteiger partial charge in [-0.3, -0.25) is 9.48 Å². The van der Waals surface area contributed by atoms with Gasteiger partial charge in [-0.25, -0.2) is 0 Å². The van der Waals surface area contributed by atoms with Gasteiger partial charge in [-0.05, 0) is 25.5 Å². The lowest BCUT2D eigenvalue weighted by Crippen LogP contribution is -2.40. The molecule has 88 valence electrons. The number of hydrogen-bond acceptors (Lipinski definition) is 3. The zero-order valence-corrected chi connectivity index (χ0v) is 9.59. The Kier molecular flexibility index (Phi) is 3.56. The third-order valence-electron chi connectivity index (χ3n) is 2.94. The molecule has 1 unspecified atom stereocenters. The van der Waals surface area contributed by atoms with E-state index in [4.69, 9.17) is 0 Å². The van der Waals surface area contributed by atoms with Crippen LogP contribution in [0.25, 0.3) is 0 Å². The van der Waals surface area contributed by atoms with Gasteiger partial charge < -0.3 is 10.2 Å². The fourth-order valence-corrected chi connectivity index (χ4v) is 2.00. The monoisotopic (exact) mass is 222 g/mol. The van der Waals surface area contributed by atoms with E-state index in [-0.39, 0.29) is 5.91 Å². The lowest BCUT2D eigenvalue weighted by Gasteiger charge is -2.21. The number of nitrogens with zero attached hydrogens (tertiary/aromatic N) is 3. The van der Waals surface area contributed by atoms with Gasteiger partial charge in [0.2, 0.25) is 5.91 Å². The summed E-state index contributed by atoms with van der Waals surface area (Å²) in [7, 11) is 1.85. The van der Waals surface area contributed by atoms with Crippen LogP contribution in [0.15, 0.2) is 18.5 Å². The van der Waals surface area contributed by atoms with Crippen LogP contribution in [0.5, 0.6) is 0 Å². The summed E-state index contributed by atoms with van der Waals surface area (Å²) >= 11 is 0. The van der Waals surface area contributed by atoms with Crippen LogP contribution in [0, 0.1) is 0 Å². The van der Waals surface area contributed by atoms with E-state index in [1.807, 2.05) is 13.1 Å². The molecule has 16 heavy (non-hydrogen) atoms. The molecule has 0 saturated carbocycles. The molecule has 0 aliphatic carbocycles. The van der Waals surface area contributed by atoms with Crippen molar-refractivity contribution in [2.24, 2.45) is 0 Å². The molecule has 5 nitrogen and oxygen atoms in total. The van der Waals surface area contributed by atoms with Gasteiger partial charge in [0.05, 0.1) is 0 Å². The number of aromatic nitrogens is 2. The van der Waals surface area contributed by atoms with Crippen molar-refractivity contribution in [2.45, 2.75) is 25.4 Å². The lowest BCUT2D eigenvalue weighted by atomic mass is 10.2. The highest BCUT2D eigenvalue weighted by molar-refractivity contribution is 5.75. The summed E-state index contributed by atoms with van der Waals surface area (Å²) in [4.78, 5) is 13.6. The molecule has 1 fully saturated rings. The van der Waals surface area contributed by atoms with Gasteiger partial charge in [-0.15, -0.1) is 0 Å². The van der Waals surface area contributed by atoms with Crippen LogP contribution in [-0.4, -0.2) is 46.8 Å². The zero-order chi connectivity index (χ0) is 11.4. The lowest BCUT2D eigenvalue weighted by molar-refractivity contribution is -0.131. The molecular formula is C11H18N4O. The molecule has 0 aromatic carbocycles. The van der Waals surface area contributed by atoms with Crippen LogP contribution in [-0.2, 0) is 11.3 Å². The maximum atomic E-state index is 11.8. The first kappa shape index (κ1) is 11.1. The van der Waals surface area contributed by atoms with Gasteiger partial charge in [0.25, 0.3) is 0 Å². The Balaban J connectivity index is 1.79. The molecule has 0 spiro atoms. The Morgan fingerprint density at radius 3 is 3.19 bits per heavy atom. The highest BCUT2D eigenvalue weighted by Gasteiger charge is 2.18. The molecule has 1 atom stereocenters. The molecule has 1 amide bonds. The maximum Gasteiger partial charge on any atom is 0.244 e. The molecule has 1 aromatic rings. The molecular weight excluding hydrogens is 204 g/mol. The Bertz CT molecular complexity index is 330. The van der Waals surface area contributed by atoms with Crippen LogP contribution >= 0.6 is 0 Å². The summed E-state index contributed by atoms with van der Waals surface area (Å²) in [5, 5.41) is 7.41. The van der Waals surface area contributed by atoms with Crippen LogP contribution in [0.4, 0.5) is 0 Å². The average molecular weight is 222 g/mol. The van der Waals surface area contributed by atoms with E-state index in [0.29, 0.717) is 12.6 Å². The number of amides is 1. The van der Waals surface area contributed by atoms with Crippen molar-refractivity contribution in [1.82, 2.24) is 20.0 Å². The summed E-state index contributed by atoms with van der Waals surface area (Å²) in [5.74, 6) is 0.109. The second-order valence-corrected chi connectivity index (χ2v) is 4.27. The maximum absolute atomic E-state index is 11.8. The summed E-state index contributed by atoms with van der Waals surface area (Å²) in [6.45, 7) is 2.20. The minimum atomic E-state index is 0.109. The van der Waals surface area contributed by atoms with E-state index in [9.17, 15) is 4.79 Å². The molecule has 1 saturated heterocycles. The summed E-state index contributed by atoms with van der Waals surface area (Å²) in [6, 6.07) is 2.29. The van der Waals surface area contributed by atoms with Crippen molar-refractivity contribution < 1.29 is 4.79 Å². The van der Waals surface area contributed by atoms with Gasteiger partial charge in [0, 0.05) is 32.0 Å². The average Bonchev–Trinajstić information content (AvgIpc) is 2.90. The molecule has 2 heterocycles. The van der Waals surface area contributed by atoms with Crippen LogP contribution in [0.1, 0.15) is 12.8 Å². The largest absolute Gasteiger partial charge is 0.343 e. The third kappa shape index (κ3) is 2.82. The predicted octanol–water partition coefficient (Wildman–Crippen LogP) is 0.0935. The second-order valence-electron chi connectivity index (χ2n) is 4.27. The number of likely N-dealkylation sites (N-methyl/N-ethyl adjacent to an activating group) is 1. The highest BCUT2D eigenvalue weighted by atomic mass is 16.2. The summed E-state index contributed by atoms with van der Waals surface area (Å²) in [5.41, 5.74) is 0. The SMILES string of the molecule is CN(CC1CCCN1)C(=O)Cn1cccn1. The van der Waals surface area contributed by atoms with Crippen molar-refractivity contribution in [2.75, 3.05) is 20.1 Å². The molecule has 1 aromatic heterocycles. The molecule has 1 N–H and O–H groups in total. The smallest absolute Gasteiger partial charge is 0.244 e. The van der Waals surface area contributed by atoms with Crippen LogP contribution in [0.3, 0.4) is 0 Å². The quantitative estimate of drug-likeness (QED) is 0.785. The van der Waals surface area contributed by atoms with Crippen molar-refractivity contribution >= 4 is 5.91 Å². The number of carbonyl (C=O) groups excluding carboxylic acids is 1. The van der Waals surface area contributed by atoms with Gasteiger partial charge >= 0.3 is 0 Å². The Hall–Kier alpha value is -1.36. The van der Waals surface area contributed by atoms with Crippen molar-refractivity contribution in [3.8, 4) is 0 Å². The Morgan fingerprint density at radius 2 is 2.56 bits per heavy atom. The minimum absolute atomic E-state index is 0.109. The van der Waals surface area contributed by atoms with Crippen LogP contribution in [0.2, 0.25) is 0 Å². The molecule has 1 aliphatic heterocycles. The normalized spacial score (nSPS) is 19.9. The molecule has 1 aliphatic rings. The van der Waals surface area contributed by atoms with Gasteiger partial charge in [-0.2, -0.15) is 5.10 Å². The number of nitrogens with one attached hydrogen (secondary N) is 1. The molecule has 2 rings (SSSR count). The highest BCUT2D eigenvalue weighted by Crippen LogP contribution is 2.06. The Labute approximate surface area is 95.4 Å². The first-order chi connectivity index (χ1) is 7.75. The summed E-state index contributed by atoms with van der Waals surface area (Å²) < 4.78 is 1.65. The third-order valence-corrected chi connectivity index (χ3v) is 2.94. The number of hydrogen-bond donors (Lipinski definition) is 1. The van der Waals surface area contributed by atoms with Gasteiger partial charge in [0.1, 0.15) is 6.54 Å². The van der Waals surface area contributed by atoms with Crippen molar-refractivity contribution in [3.63, 3.8) is 0 Å². The van der Waals surface area contributed by atoms with Crippen molar-refractivity contribution in [1.29, 1.82) is 0 Å². The first-order valence-corrected chi connectivity index (χ1v) is 5.70. The van der Waals surface area contributed by atoms with Gasteiger partial charge in [0.15, 0.2) is 0 Å². The summed E-state index contributed by atoms with van der Waals surface area (Å²) in [6.07, 6.45) is 5.87. The van der Waals surface area contributed by atoms with E-state index < -0.39 is 0 Å². The van der Waals surface area contributed by atoms with E-state index in [2.05, 4.69) is 10.4 Å². The van der Waals surface area contributed by atoms with Crippen LogP contribution < -0.4 is 5.32 Å². The van der Waals surface area contributed by atoms with Gasteiger partial charge in [-0.1, -0.05) is 0 Å². The number of carbonyl (C=O) groups is 1. The molecule has 0 bridgehead atoms. The predicted molar refractivity (Wildman–Crippen MR) is 60.9 cm³/mol. The second kappa shape index (κ2) is 5.12. The minimum Gasteiger partial charge on any atom is -0.343 e. The van der Waals surface area contributed by atoms with E-state index in [0.717, 1.165) is 13.1 Å². The van der Waals surface area contributed by atoms with E-state index >= 15 is 0 Å². The standard InChI is InChI=1S/C11H18N4O/c1-14(8-10-4-2-5-12-10)11(16)9-15-7-3-6-13-15/h3,6-7,10,12H,2,4-5,8-9H2,1H3. The Morgan fingerprint density at radius 1 is 1.69 bits per heavy atom. The first-order valence-electron chi connectivity index (χ1n) is 5.70. The molecule has 5 heteroatoms. The fraction of sp³-hybridized carbons (Fsp3) is 0.636.